The van der Waals surface area contributed by atoms with Crippen LogP contribution in [0.2, 0.25) is 18.1 Å². The Bertz CT molecular complexity index is 1280. The maximum atomic E-state index is 13.0. The fraction of sp³-hybridized carbons (Fsp3) is 0.650. The van der Waals surface area contributed by atoms with Crippen LogP contribution >= 0.6 is 0 Å². The molecule has 0 radical (unpaired) electrons. The van der Waals surface area contributed by atoms with Gasteiger partial charge in [0.2, 0.25) is 0 Å². The molecular weight excluding hydrogens is 633 g/mol. The molecule has 0 heterocycles. The van der Waals surface area contributed by atoms with Gasteiger partial charge in [0.25, 0.3) is 0 Å². The van der Waals surface area contributed by atoms with Gasteiger partial charge < -0.3 is 29.3 Å². The Kier molecular flexibility index (Phi) is 16.0. The fourth-order valence-corrected chi connectivity index (χ4v) is 6.80. The molecule has 3 rings (SSSR count). The Labute approximate surface area is 297 Å². The van der Waals surface area contributed by atoms with Crippen molar-refractivity contribution < 1.29 is 28.2 Å². The minimum Gasteiger partial charge on any atom is -0.493 e. The van der Waals surface area contributed by atoms with Crippen molar-refractivity contribution in [1.29, 1.82) is 0 Å². The van der Waals surface area contributed by atoms with Crippen LogP contribution in [0.4, 0.5) is 9.59 Å². The van der Waals surface area contributed by atoms with Gasteiger partial charge in [0, 0.05) is 6.54 Å². The molecule has 1 atom stereocenters. The summed E-state index contributed by atoms with van der Waals surface area (Å²) in [7, 11) is -2.05. The highest BCUT2D eigenvalue weighted by Gasteiger charge is 2.37. The van der Waals surface area contributed by atoms with Crippen LogP contribution in [0.25, 0.3) is 0 Å². The summed E-state index contributed by atoms with van der Waals surface area (Å²) in [5, 5.41) is 6.02. The molecule has 2 N–H and O–H groups in total. The second-order valence-corrected chi connectivity index (χ2v) is 21.0. The van der Waals surface area contributed by atoms with E-state index in [4.69, 9.17) is 18.6 Å². The van der Waals surface area contributed by atoms with Crippen LogP contribution in [0.3, 0.4) is 0 Å². The normalized spacial score (nSPS) is 14.9. The quantitative estimate of drug-likeness (QED) is 0.126. The number of aryl methyl sites for hydroxylation is 1. The fourth-order valence-electron chi connectivity index (χ4n) is 5.75. The van der Waals surface area contributed by atoms with Crippen LogP contribution in [-0.2, 0) is 33.3 Å². The van der Waals surface area contributed by atoms with E-state index in [1.54, 1.807) is 0 Å². The molecule has 9 heteroatoms. The molecule has 274 valence electrons. The zero-order valence-corrected chi connectivity index (χ0v) is 32.6. The lowest BCUT2D eigenvalue weighted by Crippen LogP contribution is -2.47. The smallest absolute Gasteiger partial charge is 0.407 e. The van der Waals surface area contributed by atoms with E-state index in [-0.39, 0.29) is 23.8 Å². The average Bonchev–Trinajstić information content (AvgIpc) is 3.03. The molecule has 1 aliphatic rings. The number of carbonyl (C=O) groups excluding carboxylic acids is 2. The zero-order chi connectivity index (χ0) is 35.9. The molecular formula is C40H64N2O6Si. The van der Waals surface area contributed by atoms with E-state index >= 15 is 0 Å². The lowest BCUT2D eigenvalue weighted by molar-refractivity contribution is 0.0527. The van der Waals surface area contributed by atoms with Gasteiger partial charge in [-0.15, -0.1) is 0 Å². The lowest BCUT2D eigenvalue weighted by atomic mass is 9.87. The number of hydrogen-bond donors (Lipinski definition) is 2. The van der Waals surface area contributed by atoms with Crippen LogP contribution in [-0.4, -0.2) is 51.9 Å². The third-order valence-corrected chi connectivity index (χ3v) is 14.1. The number of ether oxygens (including phenoxy) is 3. The summed E-state index contributed by atoms with van der Waals surface area (Å²) in [6.45, 7) is 18.6. The zero-order valence-electron chi connectivity index (χ0n) is 31.6. The molecule has 2 amide bonds. The molecule has 0 unspecified atom stereocenters. The SMILES string of the molecule is CC(C)(C)OC(=O)NCCCCc1cc(C[C@@H](CO[Si](C)(C)C(C)(C)C)NC(=O)OCc2ccccc2)ccc1OCCC1CCCCC1. The summed E-state index contributed by atoms with van der Waals surface area (Å²) >= 11 is 0. The first kappa shape index (κ1) is 40.4. The highest BCUT2D eigenvalue weighted by molar-refractivity contribution is 6.74. The topological polar surface area (TPSA) is 95.1 Å². The molecule has 1 fully saturated rings. The van der Waals surface area contributed by atoms with E-state index in [9.17, 15) is 9.59 Å². The maximum Gasteiger partial charge on any atom is 0.407 e. The molecule has 1 saturated carbocycles. The van der Waals surface area contributed by atoms with Crippen molar-refractivity contribution in [3.8, 4) is 5.75 Å². The molecule has 0 aliphatic heterocycles. The maximum absolute atomic E-state index is 13.0. The summed E-state index contributed by atoms with van der Waals surface area (Å²) in [6.07, 6.45) is 10.0. The second-order valence-electron chi connectivity index (χ2n) is 16.1. The van der Waals surface area contributed by atoms with Gasteiger partial charge in [0.1, 0.15) is 18.0 Å². The van der Waals surface area contributed by atoms with Gasteiger partial charge in [-0.05, 0) is 99.7 Å². The molecule has 2 aromatic carbocycles. The monoisotopic (exact) mass is 696 g/mol. The Morgan fingerprint density at radius 1 is 0.898 bits per heavy atom. The van der Waals surface area contributed by atoms with Crippen LogP contribution in [0.5, 0.6) is 5.75 Å². The van der Waals surface area contributed by atoms with E-state index < -0.39 is 20.0 Å². The van der Waals surface area contributed by atoms with Crippen LogP contribution < -0.4 is 15.4 Å². The average molecular weight is 697 g/mol. The number of carbonyl (C=O) groups is 2. The molecule has 1 aliphatic carbocycles. The van der Waals surface area contributed by atoms with Crippen molar-refractivity contribution in [1.82, 2.24) is 10.6 Å². The number of unbranched alkanes of at least 4 members (excludes halogenated alkanes) is 1. The third-order valence-electron chi connectivity index (χ3n) is 9.64. The summed E-state index contributed by atoms with van der Waals surface area (Å²) in [6, 6.07) is 15.9. The Morgan fingerprint density at radius 2 is 1.61 bits per heavy atom. The predicted molar refractivity (Wildman–Crippen MR) is 201 cm³/mol. The summed E-state index contributed by atoms with van der Waals surface area (Å²) < 4.78 is 24.0. The van der Waals surface area contributed by atoms with Gasteiger partial charge in [-0.3, -0.25) is 0 Å². The molecule has 0 spiro atoms. The Morgan fingerprint density at radius 3 is 2.29 bits per heavy atom. The predicted octanol–water partition coefficient (Wildman–Crippen LogP) is 9.74. The van der Waals surface area contributed by atoms with Crippen LogP contribution in [0.15, 0.2) is 48.5 Å². The van der Waals surface area contributed by atoms with Crippen molar-refractivity contribution in [3.63, 3.8) is 0 Å². The molecule has 0 saturated heterocycles. The number of nitrogens with one attached hydrogen (secondary N) is 2. The number of amides is 2. The summed E-state index contributed by atoms with van der Waals surface area (Å²) in [5.41, 5.74) is 2.68. The number of rotatable bonds is 17. The van der Waals surface area contributed by atoms with E-state index in [1.165, 1.54) is 32.1 Å². The standard InChI is InChI=1S/C40H64N2O6Si/c1-39(2,3)48-37(43)41-25-16-15-21-34-27-33(22-23-36(34)45-26-24-31-17-11-9-12-18-31)28-35(30-47-49(7,8)40(4,5)6)42-38(44)46-29-32-19-13-10-14-20-32/h10,13-14,19-20,22-23,27,31,35H,9,11-12,15-18,21,24-26,28-30H2,1-8H3,(H,41,43)(H,42,44)/t35-/m0/s1. The highest BCUT2D eigenvalue weighted by Crippen LogP contribution is 2.36. The van der Waals surface area contributed by atoms with Gasteiger partial charge in [0.05, 0.1) is 19.3 Å². The minimum atomic E-state index is -2.05. The summed E-state index contributed by atoms with van der Waals surface area (Å²) in [4.78, 5) is 25.1. The number of hydrogen-bond acceptors (Lipinski definition) is 6. The van der Waals surface area contributed by atoms with Crippen molar-refractivity contribution in [2.45, 2.75) is 142 Å². The minimum absolute atomic E-state index is 0.0491. The summed E-state index contributed by atoms with van der Waals surface area (Å²) in [5.74, 6) is 1.67. The highest BCUT2D eigenvalue weighted by atomic mass is 28.4. The molecule has 0 bridgehead atoms. The van der Waals surface area contributed by atoms with Crippen molar-refractivity contribution >= 4 is 20.5 Å². The van der Waals surface area contributed by atoms with Crippen molar-refractivity contribution in [2.24, 2.45) is 5.92 Å². The molecule has 2 aromatic rings. The first-order valence-electron chi connectivity index (χ1n) is 18.4. The van der Waals surface area contributed by atoms with Gasteiger partial charge in [-0.1, -0.05) is 95.3 Å². The van der Waals surface area contributed by atoms with Gasteiger partial charge in [-0.2, -0.15) is 0 Å². The van der Waals surface area contributed by atoms with Crippen LogP contribution in [0.1, 0.15) is 110 Å². The van der Waals surface area contributed by atoms with Crippen molar-refractivity contribution in [3.05, 3.63) is 65.2 Å². The number of benzene rings is 2. The molecule has 8 nitrogen and oxygen atoms in total. The Hall–Kier alpha value is -3.04. The van der Waals surface area contributed by atoms with E-state index in [1.807, 2.05) is 51.1 Å². The molecule has 49 heavy (non-hydrogen) atoms. The largest absolute Gasteiger partial charge is 0.493 e. The number of alkyl carbamates (subject to hydrolysis) is 2. The first-order valence-corrected chi connectivity index (χ1v) is 21.3. The van der Waals surface area contributed by atoms with E-state index in [0.29, 0.717) is 19.6 Å². The Balaban J connectivity index is 1.70. The van der Waals surface area contributed by atoms with E-state index in [0.717, 1.165) is 60.6 Å². The van der Waals surface area contributed by atoms with Gasteiger partial charge in [-0.25, -0.2) is 9.59 Å². The van der Waals surface area contributed by atoms with E-state index in [2.05, 4.69) is 62.7 Å². The van der Waals surface area contributed by atoms with Gasteiger partial charge >= 0.3 is 12.2 Å². The van der Waals surface area contributed by atoms with Crippen molar-refractivity contribution in [2.75, 3.05) is 19.8 Å². The van der Waals surface area contributed by atoms with Crippen LogP contribution in [0, 0.1) is 5.92 Å². The lowest BCUT2D eigenvalue weighted by Gasteiger charge is -2.37. The van der Waals surface area contributed by atoms with Gasteiger partial charge in [0.15, 0.2) is 8.32 Å². The third kappa shape index (κ3) is 15.6. The second kappa shape index (κ2) is 19.4. The first-order chi connectivity index (χ1) is 23.1. The molecule has 0 aromatic heterocycles.